The Morgan fingerprint density at radius 2 is 1.82 bits per heavy atom. The number of hydrogen-bond acceptors (Lipinski definition) is 7. The van der Waals surface area contributed by atoms with Crippen molar-refractivity contribution in [1.82, 2.24) is 15.2 Å². The van der Waals surface area contributed by atoms with Crippen molar-refractivity contribution in [3.63, 3.8) is 0 Å². The van der Waals surface area contributed by atoms with Crippen LogP contribution in [0.5, 0.6) is 0 Å². The molecule has 3 amide bonds. The lowest BCUT2D eigenvalue weighted by Gasteiger charge is -2.29. The van der Waals surface area contributed by atoms with Crippen LogP contribution in [0.3, 0.4) is 0 Å². The second-order valence-electron chi connectivity index (χ2n) is 11.3. The monoisotopic (exact) mass is 546 g/mol. The lowest BCUT2D eigenvalue weighted by Crippen LogP contribution is -2.39. The van der Waals surface area contributed by atoms with E-state index in [4.69, 9.17) is 4.74 Å². The maximum Gasteiger partial charge on any atom is 0.311 e. The Kier molecular flexibility index (Phi) is 8.77. The number of esters is 1. The zero-order chi connectivity index (χ0) is 28.1. The highest BCUT2D eigenvalue weighted by Crippen LogP contribution is 2.32. The second-order valence-corrected chi connectivity index (χ2v) is 11.3. The molecule has 1 N–H and O–H groups in total. The molecule has 9 heteroatoms. The van der Waals surface area contributed by atoms with Gasteiger partial charge in [0.1, 0.15) is 12.4 Å². The number of nitrogens with zero attached hydrogens (tertiary/aromatic N) is 3. The van der Waals surface area contributed by atoms with E-state index in [2.05, 4.69) is 15.2 Å². The van der Waals surface area contributed by atoms with Crippen LogP contribution in [0.25, 0.3) is 0 Å². The molecule has 3 heterocycles. The summed E-state index contributed by atoms with van der Waals surface area (Å²) in [6, 6.07) is 13.8. The van der Waals surface area contributed by atoms with Crippen LogP contribution < -0.4 is 10.2 Å². The Hall–Kier alpha value is -3.75. The highest BCUT2D eigenvalue weighted by molar-refractivity contribution is 6.00. The number of carbonyl (C=O) groups is 4. The van der Waals surface area contributed by atoms with E-state index in [0.717, 1.165) is 49.0 Å². The predicted octanol–water partition coefficient (Wildman–Crippen LogP) is 3.58. The number of amides is 3. The molecule has 2 aromatic rings. The largest absolute Gasteiger partial charge is 0.461 e. The van der Waals surface area contributed by atoms with Gasteiger partial charge in [0.05, 0.1) is 11.8 Å². The molecule has 1 saturated carbocycles. The van der Waals surface area contributed by atoms with Crippen LogP contribution in [0.2, 0.25) is 0 Å². The number of likely N-dealkylation sites (tertiary alicyclic amines) is 1. The number of aromatic nitrogens is 1. The van der Waals surface area contributed by atoms with Gasteiger partial charge < -0.3 is 14.5 Å². The number of imide groups is 1. The summed E-state index contributed by atoms with van der Waals surface area (Å²) in [5.41, 5.74) is 1.78. The van der Waals surface area contributed by atoms with Gasteiger partial charge in [-0.3, -0.25) is 24.5 Å². The van der Waals surface area contributed by atoms with Crippen molar-refractivity contribution < 1.29 is 23.9 Å². The van der Waals surface area contributed by atoms with Crippen LogP contribution in [-0.4, -0.2) is 59.8 Å². The van der Waals surface area contributed by atoms with E-state index in [9.17, 15) is 19.2 Å². The Balaban J connectivity index is 1.10. The summed E-state index contributed by atoms with van der Waals surface area (Å²) in [6.45, 7) is 1.30. The molecule has 4 atom stereocenters. The van der Waals surface area contributed by atoms with Crippen LogP contribution in [0.15, 0.2) is 48.7 Å². The normalized spacial score (nSPS) is 25.2. The van der Waals surface area contributed by atoms with Gasteiger partial charge in [0.2, 0.25) is 17.7 Å². The van der Waals surface area contributed by atoms with E-state index in [1.54, 1.807) is 6.20 Å². The molecule has 2 aliphatic heterocycles. The van der Waals surface area contributed by atoms with Crippen LogP contribution in [0.1, 0.15) is 68.4 Å². The average molecular weight is 547 g/mol. The smallest absolute Gasteiger partial charge is 0.311 e. The van der Waals surface area contributed by atoms with Gasteiger partial charge in [0.15, 0.2) is 0 Å². The molecular formula is C31H38N4O5. The van der Waals surface area contributed by atoms with E-state index in [0.29, 0.717) is 32.4 Å². The number of nitrogens with one attached hydrogen (secondary N) is 1. The summed E-state index contributed by atoms with van der Waals surface area (Å²) in [7, 11) is 2.03. The van der Waals surface area contributed by atoms with Gasteiger partial charge in [-0.2, -0.15) is 0 Å². The fourth-order valence-corrected chi connectivity index (χ4v) is 6.18. The molecule has 5 rings (SSSR count). The predicted molar refractivity (Wildman–Crippen MR) is 149 cm³/mol. The minimum atomic E-state index is -0.342. The molecule has 0 radical (unpaired) electrons. The van der Waals surface area contributed by atoms with Crippen molar-refractivity contribution in [2.45, 2.75) is 69.9 Å². The van der Waals surface area contributed by atoms with Crippen LogP contribution in [-0.2, 0) is 30.5 Å². The van der Waals surface area contributed by atoms with Gasteiger partial charge in [0.25, 0.3) is 0 Å². The molecule has 40 heavy (non-hydrogen) atoms. The van der Waals surface area contributed by atoms with Gasteiger partial charge in [-0.15, -0.1) is 0 Å². The number of carbonyl (C=O) groups excluding carboxylic acids is 4. The summed E-state index contributed by atoms with van der Waals surface area (Å²) in [5, 5.41) is 2.41. The molecule has 0 spiro atoms. The third-order valence-electron chi connectivity index (χ3n) is 8.67. The van der Waals surface area contributed by atoms with E-state index < -0.39 is 0 Å². The first-order valence-corrected chi connectivity index (χ1v) is 14.4. The lowest BCUT2D eigenvalue weighted by molar-refractivity contribution is -0.149. The first kappa shape index (κ1) is 27.8. The summed E-state index contributed by atoms with van der Waals surface area (Å²) < 4.78 is 5.52. The number of pyridine rings is 1. The Labute approximate surface area is 235 Å². The van der Waals surface area contributed by atoms with E-state index in [1.807, 2.05) is 54.4 Å². The van der Waals surface area contributed by atoms with Crippen molar-refractivity contribution in [1.29, 1.82) is 0 Å². The maximum atomic E-state index is 13.4. The van der Waals surface area contributed by atoms with Crippen molar-refractivity contribution in [2.24, 2.45) is 11.8 Å². The number of rotatable bonds is 7. The van der Waals surface area contributed by atoms with Crippen LogP contribution in [0.4, 0.5) is 5.82 Å². The summed E-state index contributed by atoms with van der Waals surface area (Å²) in [5.74, 6) is -0.334. The van der Waals surface area contributed by atoms with Crippen LogP contribution >= 0.6 is 0 Å². The van der Waals surface area contributed by atoms with Crippen molar-refractivity contribution in [3.05, 3.63) is 59.8 Å². The number of benzene rings is 1. The summed E-state index contributed by atoms with van der Waals surface area (Å²) in [4.78, 5) is 58.3. The Bertz CT molecular complexity index is 1220. The molecule has 3 aliphatic rings. The minimum Gasteiger partial charge on any atom is -0.461 e. The van der Waals surface area contributed by atoms with E-state index >= 15 is 0 Å². The zero-order valence-electron chi connectivity index (χ0n) is 23.1. The molecule has 212 valence electrons. The standard InChI is InChI=1S/C31H38N4O5/c1-34(27-14-11-23(18-32-27)26-13-15-28(36)33-29(26)37)25-9-5-8-22(10-12-25)30(38)35-17-16-24(19-35)31(39)40-20-21-6-3-2-4-7-21/h2-4,6-7,11,14,18,22,24-26H,5,8-10,12-13,15-17,19-20H2,1H3,(H,33,36,37)/t22-,24-,25-,26?/m1/s1. The molecule has 2 saturated heterocycles. The van der Waals surface area contributed by atoms with Gasteiger partial charge in [-0.05, 0) is 55.7 Å². The molecule has 1 unspecified atom stereocenters. The highest BCUT2D eigenvalue weighted by Gasteiger charge is 2.36. The summed E-state index contributed by atoms with van der Waals surface area (Å²) in [6.07, 6.45) is 7.72. The fourth-order valence-electron chi connectivity index (χ4n) is 6.18. The topological polar surface area (TPSA) is 109 Å². The Morgan fingerprint density at radius 3 is 2.58 bits per heavy atom. The molecule has 1 aromatic carbocycles. The van der Waals surface area contributed by atoms with E-state index in [1.165, 1.54) is 0 Å². The number of ether oxygens (including phenoxy) is 1. The van der Waals surface area contributed by atoms with Gasteiger partial charge in [-0.25, -0.2) is 4.98 Å². The third-order valence-corrected chi connectivity index (χ3v) is 8.67. The van der Waals surface area contributed by atoms with Crippen LogP contribution in [0, 0.1) is 11.8 Å². The van der Waals surface area contributed by atoms with Crippen molar-refractivity contribution in [2.75, 3.05) is 25.0 Å². The first-order valence-electron chi connectivity index (χ1n) is 14.4. The van der Waals surface area contributed by atoms with Crippen molar-refractivity contribution >= 4 is 29.5 Å². The third kappa shape index (κ3) is 6.51. The highest BCUT2D eigenvalue weighted by atomic mass is 16.5. The van der Waals surface area contributed by atoms with Gasteiger partial charge in [-0.1, -0.05) is 42.8 Å². The molecule has 1 aromatic heterocycles. The van der Waals surface area contributed by atoms with E-state index in [-0.39, 0.29) is 54.1 Å². The van der Waals surface area contributed by atoms with Gasteiger partial charge >= 0.3 is 5.97 Å². The first-order chi connectivity index (χ1) is 19.4. The minimum absolute atomic E-state index is 0.0275. The zero-order valence-corrected chi connectivity index (χ0v) is 23.1. The second kappa shape index (κ2) is 12.6. The number of anilines is 1. The summed E-state index contributed by atoms with van der Waals surface area (Å²) >= 11 is 0. The molecule has 1 aliphatic carbocycles. The number of piperidine rings is 1. The average Bonchev–Trinajstić information content (AvgIpc) is 3.34. The number of hydrogen-bond donors (Lipinski definition) is 1. The Morgan fingerprint density at radius 1 is 1.00 bits per heavy atom. The molecule has 9 nitrogen and oxygen atoms in total. The molecular weight excluding hydrogens is 508 g/mol. The fraction of sp³-hybridized carbons (Fsp3) is 0.516. The van der Waals surface area contributed by atoms with Crippen molar-refractivity contribution in [3.8, 4) is 0 Å². The maximum absolute atomic E-state index is 13.4. The van der Waals surface area contributed by atoms with Gasteiger partial charge in [0, 0.05) is 44.7 Å². The molecule has 3 fully saturated rings. The lowest BCUT2D eigenvalue weighted by atomic mass is 9.92. The SMILES string of the molecule is CN(c1ccc(C2CCC(=O)NC2=O)cn1)[C@@H]1CCC[C@@H](C(=O)N2CC[C@@H](C(=O)OCc3ccccc3)C2)CC1. The quantitative estimate of drug-likeness (QED) is 0.321. The molecule has 0 bridgehead atoms.